The first-order valence-corrected chi connectivity index (χ1v) is 7.27. The Labute approximate surface area is 126 Å². The van der Waals surface area contributed by atoms with Crippen molar-refractivity contribution in [3.8, 4) is 0 Å². The van der Waals surface area contributed by atoms with Gasteiger partial charge in [-0.3, -0.25) is 0 Å². The molecule has 0 fully saturated rings. The molecular formula is C15H16N2O3S. The summed E-state index contributed by atoms with van der Waals surface area (Å²) in [6.45, 7) is 0.449. The Morgan fingerprint density at radius 3 is 2.52 bits per heavy atom. The number of hydrogen-bond donors (Lipinski definition) is 2. The smallest absolute Gasteiger partial charge is 0.330 e. The first-order valence-electron chi connectivity index (χ1n) is 6.39. The molecule has 0 spiro atoms. The van der Waals surface area contributed by atoms with Gasteiger partial charge in [0.2, 0.25) is 0 Å². The molecule has 110 valence electrons. The second-order valence-corrected chi connectivity index (χ2v) is 5.60. The number of benzene rings is 1. The third-order valence-electron chi connectivity index (χ3n) is 2.97. The number of hydrogen-bond acceptors (Lipinski definition) is 3. The van der Waals surface area contributed by atoms with E-state index in [9.17, 15) is 14.7 Å². The van der Waals surface area contributed by atoms with Crippen molar-refractivity contribution in [1.29, 1.82) is 0 Å². The van der Waals surface area contributed by atoms with Crippen molar-refractivity contribution in [3.05, 3.63) is 58.3 Å². The Morgan fingerprint density at radius 2 is 1.95 bits per heavy atom. The second kappa shape index (κ2) is 6.90. The van der Waals surface area contributed by atoms with E-state index in [0.29, 0.717) is 12.1 Å². The maximum absolute atomic E-state index is 12.1. The van der Waals surface area contributed by atoms with E-state index < -0.39 is 18.0 Å². The minimum Gasteiger partial charge on any atom is -0.479 e. The number of rotatable bonds is 5. The highest BCUT2D eigenvalue weighted by molar-refractivity contribution is 7.09. The van der Waals surface area contributed by atoms with Gasteiger partial charge in [0.15, 0.2) is 6.04 Å². The fraction of sp³-hybridized carbons (Fsp3) is 0.200. The standard InChI is InChI=1S/C15H16N2O3S/c1-17(10-12-8-5-9-21-12)15(20)16-13(14(18)19)11-6-3-2-4-7-11/h2-9,13H,10H2,1H3,(H,16,20)(H,18,19)/t13-/m0/s1. The number of carbonyl (C=O) groups excluding carboxylic acids is 1. The van der Waals surface area contributed by atoms with E-state index in [2.05, 4.69) is 5.32 Å². The quantitative estimate of drug-likeness (QED) is 0.892. The molecule has 21 heavy (non-hydrogen) atoms. The highest BCUT2D eigenvalue weighted by Gasteiger charge is 2.23. The van der Waals surface area contributed by atoms with Crippen LogP contribution in [0.2, 0.25) is 0 Å². The van der Waals surface area contributed by atoms with Crippen LogP contribution in [-0.2, 0) is 11.3 Å². The second-order valence-electron chi connectivity index (χ2n) is 4.57. The number of carboxylic acid groups (broad SMARTS) is 1. The Bertz CT molecular complexity index is 599. The zero-order chi connectivity index (χ0) is 15.2. The van der Waals surface area contributed by atoms with Gasteiger partial charge in [0.1, 0.15) is 0 Å². The van der Waals surface area contributed by atoms with Crippen LogP contribution in [0.15, 0.2) is 47.8 Å². The number of thiophene rings is 1. The van der Waals surface area contributed by atoms with Crippen LogP contribution < -0.4 is 5.32 Å². The molecule has 0 unspecified atom stereocenters. The third kappa shape index (κ3) is 4.06. The lowest BCUT2D eigenvalue weighted by Gasteiger charge is -2.21. The average Bonchev–Trinajstić information content (AvgIpc) is 2.98. The van der Waals surface area contributed by atoms with Crippen molar-refractivity contribution in [3.63, 3.8) is 0 Å². The van der Waals surface area contributed by atoms with Gasteiger partial charge in [-0.2, -0.15) is 0 Å². The Balaban J connectivity index is 2.03. The van der Waals surface area contributed by atoms with Crippen molar-refractivity contribution in [1.82, 2.24) is 10.2 Å². The highest BCUT2D eigenvalue weighted by atomic mass is 32.1. The van der Waals surface area contributed by atoms with E-state index in [1.807, 2.05) is 17.5 Å². The van der Waals surface area contributed by atoms with Crippen molar-refractivity contribution in [2.24, 2.45) is 0 Å². The molecule has 1 aromatic carbocycles. The molecule has 0 aliphatic carbocycles. The minimum atomic E-state index is -1.08. The van der Waals surface area contributed by atoms with Gasteiger partial charge in [-0.05, 0) is 17.0 Å². The highest BCUT2D eigenvalue weighted by Crippen LogP contribution is 2.14. The van der Waals surface area contributed by atoms with E-state index >= 15 is 0 Å². The van der Waals surface area contributed by atoms with E-state index in [1.54, 1.807) is 48.7 Å². The molecule has 5 nitrogen and oxygen atoms in total. The van der Waals surface area contributed by atoms with Gasteiger partial charge in [0.25, 0.3) is 0 Å². The van der Waals surface area contributed by atoms with Crippen molar-refractivity contribution in [2.75, 3.05) is 7.05 Å². The van der Waals surface area contributed by atoms with Gasteiger partial charge < -0.3 is 15.3 Å². The Morgan fingerprint density at radius 1 is 1.24 bits per heavy atom. The first-order chi connectivity index (χ1) is 10.1. The fourth-order valence-electron chi connectivity index (χ4n) is 1.87. The summed E-state index contributed by atoms with van der Waals surface area (Å²) in [6, 6.07) is 11.0. The van der Waals surface area contributed by atoms with E-state index in [4.69, 9.17) is 0 Å². The minimum absolute atomic E-state index is 0.417. The summed E-state index contributed by atoms with van der Waals surface area (Å²) in [5.41, 5.74) is 0.544. The zero-order valence-electron chi connectivity index (χ0n) is 11.5. The number of carbonyl (C=O) groups is 2. The molecule has 6 heteroatoms. The van der Waals surface area contributed by atoms with Gasteiger partial charge >= 0.3 is 12.0 Å². The number of nitrogens with zero attached hydrogens (tertiary/aromatic N) is 1. The van der Waals surface area contributed by atoms with Crippen LogP contribution in [0.25, 0.3) is 0 Å². The van der Waals surface area contributed by atoms with Crippen LogP contribution in [-0.4, -0.2) is 29.1 Å². The number of urea groups is 1. The van der Waals surface area contributed by atoms with Crippen molar-refractivity contribution >= 4 is 23.3 Å². The van der Waals surface area contributed by atoms with Gasteiger partial charge in [-0.25, -0.2) is 9.59 Å². The molecule has 2 amide bonds. The molecule has 1 atom stereocenters. The number of carboxylic acids is 1. The van der Waals surface area contributed by atoms with E-state index in [0.717, 1.165) is 4.88 Å². The molecule has 2 rings (SSSR count). The van der Waals surface area contributed by atoms with Crippen LogP contribution in [0.5, 0.6) is 0 Å². The van der Waals surface area contributed by atoms with Gasteiger partial charge in [-0.1, -0.05) is 36.4 Å². The van der Waals surface area contributed by atoms with Gasteiger partial charge in [0, 0.05) is 11.9 Å². The molecule has 2 N–H and O–H groups in total. The SMILES string of the molecule is CN(Cc1cccs1)C(=O)N[C@H](C(=O)O)c1ccccc1. The molecule has 0 saturated heterocycles. The fourth-order valence-corrected chi connectivity index (χ4v) is 2.63. The molecule has 0 radical (unpaired) electrons. The maximum atomic E-state index is 12.1. The summed E-state index contributed by atoms with van der Waals surface area (Å²) in [4.78, 5) is 26.0. The maximum Gasteiger partial charge on any atom is 0.330 e. The lowest BCUT2D eigenvalue weighted by atomic mass is 10.1. The summed E-state index contributed by atoms with van der Waals surface area (Å²) >= 11 is 1.55. The normalized spacial score (nSPS) is 11.7. The monoisotopic (exact) mass is 304 g/mol. The predicted molar refractivity (Wildman–Crippen MR) is 81.1 cm³/mol. The molecule has 0 bridgehead atoms. The van der Waals surface area contributed by atoms with Crippen LogP contribution in [0, 0.1) is 0 Å². The number of aliphatic carboxylic acids is 1. The largest absolute Gasteiger partial charge is 0.479 e. The molecule has 1 aromatic heterocycles. The van der Waals surface area contributed by atoms with Crippen molar-refractivity contribution in [2.45, 2.75) is 12.6 Å². The zero-order valence-corrected chi connectivity index (χ0v) is 12.3. The summed E-state index contributed by atoms with van der Waals surface area (Å²) in [5.74, 6) is -1.08. The Hall–Kier alpha value is -2.34. The predicted octanol–water partition coefficient (Wildman–Crippen LogP) is 2.72. The molecule has 0 saturated carbocycles. The van der Waals surface area contributed by atoms with Crippen LogP contribution in [0.3, 0.4) is 0 Å². The summed E-state index contributed by atoms with van der Waals surface area (Å²) in [7, 11) is 1.64. The number of amides is 2. The number of nitrogens with one attached hydrogen (secondary N) is 1. The molecule has 2 aromatic rings. The Kier molecular flexibility index (Phi) is 4.94. The average molecular weight is 304 g/mol. The molecule has 1 heterocycles. The summed E-state index contributed by atoms with van der Waals surface area (Å²) < 4.78 is 0. The van der Waals surface area contributed by atoms with E-state index in [1.165, 1.54) is 4.90 Å². The van der Waals surface area contributed by atoms with Crippen LogP contribution in [0.4, 0.5) is 4.79 Å². The van der Waals surface area contributed by atoms with Gasteiger partial charge in [0.05, 0.1) is 6.54 Å². The lowest BCUT2D eigenvalue weighted by molar-refractivity contribution is -0.139. The topological polar surface area (TPSA) is 69.6 Å². The molecule has 0 aliphatic heterocycles. The molecular weight excluding hydrogens is 288 g/mol. The van der Waals surface area contributed by atoms with E-state index in [-0.39, 0.29) is 0 Å². The van der Waals surface area contributed by atoms with Crippen LogP contribution in [0.1, 0.15) is 16.5 Å². The lowest BCUT2D eigenvalue weighted by Crippen LogP contribution is -2.41. The first kappa shape index (κ1) is 15.1. The van der Waals surface area contributed by atoms with Crippen LogP contribution >= 0.6 is 11.3 Å². The van der Waals surface area contributed by atoms with Gasteiger partial charge in [-0.15, -0.1) is 11.3 Å². The molecule has 0 aliphatic rings. The van der Waals surface area contributed by atoms with Crippen molar-refractivity contribution < 1.29 is 14.7 Å². The summed E-state index contributed by atoms with van der Waals surface area (Å²) in [6.07, 6.45) is 0. The third-order valence-corrected chi connectivity index (χ3v) is 3.83. The summed E-state index contributed by atoms with van der Waals surface area (Å²) in [5, 5.41) is 13.8.